The molecule has 5 heterocycles. The van der Waals surface area contributed by atoms with Gasteiger partial charge in [0.2, 0.25) is 0 Å². The second-order valence-electron chi connectivity index (χ2n) is 16.4. The molecule has 5 aromatic heterocycles. The molecule has 0 atom stereocenters. The van der Waals surface area contributed by atoms with Crippen molar-refractivity contribution in [2.24, 2.45) is 11.5 Å². The Kier molecular flexibility index (Phi) is 23.7. The molecule has 10 N–H and O–H groups in total. The summed E-state index contributed by atoms with van der Waals surface area (Å²) in [7, 11) is 0. The molecule has 10 aromatic rings. The van der Waals surface area contributed by atoms with Crippen LogP contribution in [0.15, 0.2) is 114 Å². The van der Waals surface area contributed by atoms with E-state index in [0.717, 1.165) is 101 Å². The first kappa shape index (κ1) is 58.3. The number of aromatic nitrogens is 10. The number of nitrogens with one attached hydrogen (secondary N) is 6. The molecule has 15 nitrogen and oxygen atoms in total. The maximum atomic E-state index is 10.8. The number of terminal acetylenes is 1. The summed E-state index contributed by atoms with van der Waals surface area (Å²) in [5, 5.41) is 42.7. The lowest BCUT2D eigenvalue weighted by Gasteiger charge is -2.18. The maximum absolute atomic E-state index is 10.8. The number of alkyl carbamates (subject to hydrolysis) is 1. The molecule has 0 saturated heterocycles. The summed E-state index contributed by atoms with van der Waals surface area (Å²) in [5.41, 5.74) is 19.1. The molecule has 380 valence electrons. The van der Waals surface area contributed by atoms with Crippen molar-refractivity contribution in [3.8, 4) is 59.7 Å². The molecule has 0 radical (unpaired) electrons. The van der Waals surface area contributed by atoms with Crippen molar-refractivity contribution >= 4 is 122 Å². The predicted molar refractivity (Wildman–Crippen MR) is 323 cm³/mol. The fraction of sp³-hybridized carbons (Fsp3) is 0.193. The van der Waals surface area contributed by atoms with Crippen molar-refractivity contribution in [2.75, 3.05) is 19.6 Å². The Labute approximate surface area is 471 Å². The third kappa shape index (κ3) is 19.6. The number of nitrogens with two attached hydrogens (primary N) is 2. The summed E-state index contributed by atoms with van der Waals surface area (Å²) in [4.78, 5) is 10.8. The van der Waals surface area contributed by atoms with Crippen molar-refractivity contribution in [2.45, 2.75) is 53.1 Å². The maximum Gasteiger partial charge on any atom is 0.408 e. The normalized spacial score (nSPS) is 9.88. The van der Waals surface area contributed by atoms with Crippen molar-refractivity contribution < 1.29 is 9.53 Å². The Morgan fingerprint density at radius 1 is 0.613 bits per heavy atom. The van der Waals surface area contributed by atoms with Gasteiger partial charge in [-0.05, 0) is 151 Å². The smallest absolute Gasteiger partial charge is 0.408 e. The Balaban J connectivity index is 0.000000167. The lowest BCUT2D eigenvalue weighted by atomic mass is 10.2. The molecule has 0 unspecified atom stereocenters. The molecule has 5 aromatic carbocycles. The third-order valence-corrected chi connectivity index (χ3v) is 11.7. The van der Waals surface area contributed by atoms with Crippen LogP contribution in [0.25, 0.3) is 54.5 Å². The Morgan fingerprint density at radius 3 is 1.43 bits per heavy atom. The predicted octanol–water partition coefficient (Wildman–Crippen LogP) is 11.1. The molecule has 0 spiro atoms. The third-order valence-electron chi connectivity index (χ3n) is 9.53. The van der Waals surface area contributed by atoms with E-state index >= 15 is 0 Å². The number of nitrogens with zero attached hydrogens (tertiary/aromatic N) is 5. The summed E-state index contributed by atoms with van der Waals surface area (Å²) in [6.07, 6.45) is 11.6. The number of carbonyl (C=O) groups is 1. The van der Waals surface area contributed by atoms with Crippen LogP contribution in [0.3, 0.4) is 0 Å². The van der Waals surface area contributed by atoms with Gasteiger partial charge in [-0.25, -0.2) is 4.79 Å². The number of hydrogen-bond donors (Lipinski definition) is 8. The van der Waals surface area contributed by atoms with E-state index in [2.05, 4.69) is 177 Å². The number of fused-ring (bicyclic) bond motifs is 5. The van der Waals surface area contributed by atoms with Crippen LogP contribution in [0.1, 0.15) is 69.7 Å². The SMILES string of the molecule is Brc1ccc2cn[nH]c2c1.C#CCNC(=O)OC(C)(C)C.CCC#Cc1ccc2c(I)[nH]nc2c1.CCC#Cc1ccc2cn[nH]c2c1.NCC#Cc1ccc2c(I)[nH]nc2c1.NCC#Cc1ccc2cn[nH]c2c1. The quantitative estimate of drug-likeness (QED) is 0.0576. The van der Waals surface area contributed by atoms with Gasteiger partial charge in [-0.15, -0.1) is 6.42 Å². The van der Waals surface area contributed by atoms with Gasteiger partial charge in [-0.1, -0.05) is 89.1 Å². The number of benzene rings is 5. The van der Waals surface area contributed by atoms with Crippen molar-refractivity contribution in [1.29, 1.82) is 0 Å². The molecule has 0 aliphatic carbocycles. The second-order valence-corrected chi connectivity index (χ2v) is 19.4. The second kappa shape index (κ2) is 30.5. The molecule has 1 amide bonds. The first-order chi connectivity index (χ1) is 36.2. The highest BCUT2D eigenvalue weighted by Crippen LogP contribution is 2.20. The summed E-state index contributed by atoms with van der Waals surface area (Å²) >= 11 is 7.83. The van der Waals surface area contributed by atoms with E-state index in [1.165, 1.54) is 0 Å². The van der Waals surface area contributed by atoms with Crippen LogP contribution in [0.4, 0.5) is 4.79 Å². The summed E-state index contributed by atoms with van der Waals surface area (Å²) in [5.74, 6) is 26.1. The molecule has 10 rings (SSSR count). The molecular weight excluding hydrogens is 1230 g/mol. The highest BCUT2D eigenvalue weighted by Gasteiger charge is 2.15. The van der Waals surface area contributed by atoms with E-state index in [-0.39, 0.29) is 6.54 Å². The summed E-state index contributed by atoms with van der Waals surface area (Å²) < 4.78 is 8.10. The topological polar surface area (TPSA) is 234 Å². The van der Waals surface area contributed by atoms with Crippen molar-refractivity contribution in [3.05, 3.63) is 144 Å². The Hall–Kier alpha value is -7.62. The molecule has 0 aliphatic rings. The Morgan fingerprint density at radius 2 is 1.01 bits per heavy atom. The number of rotatable bonds is 1. The number of halogens is 3. The van der Waals surface area contributed by atoms with Crippen LogP contribution >= 0.6 is 61.1 Å². The largest absolute Gasteiger partial charge is 0.444 e. The van der Waals surface area contributed by atoms with Crippen LogP contribution < -0.4 is 16.8 Å². The van der Waals surface area contributed by atoms with Gasteiger partial charge >= 0.3 is 6.09 Å². The fourth-order valence-corrected chi connectivity index (χ4v) is 7.69. The molecule has 0 saturated carbocycles. The number of H-pyrrole nitrogens is 5. The first-order valence-corrected chi connectivity index (χ1v) is 26.2. The molecule has 18 heteroatoms. The van der Waals surface area contributed by atoms with Crippen molar-refractivity contribution in [1.82, 2.24) is 56.3 Å². The first-order valence-electron chi connectivity index (χ1n) is 23.2. The lowest BCUT2D eigenvalue weighted by molar-refractivity contribution is 0.0535. The Bertz CT molecular complexity index is 3580. The monoisotopic (exact) mass is 1290 g/mol. The van der Waals surface area contributed by atoms with E-state index in [9.17, 15) is 4.79 Å². The van der Waals surface area contributed by atoms with Gasteiger partial charge in [0, 0.05) is 66.5 Å². The van der Waals surface area contributed by atoms with Gasteiger partial charge in [0.05, 0.1) is 65.8 Å². The van der Waals surface area contributed by atoms with E-state index in [1.54, 1.807) is 27.0 Å². The summed E-state index contributed by atoms with van der Waals surface area (Å²) in [6, 6.07) is 30.0. The van der Waals surface area contributed by atoms with Gasteiger partial charge in [-0.3, -0.25) is 25.5 Å². The van der Waals surface area contributed by atoms with Gasteiger partial charge in [0.15, 0.2) is 0 Å². The molecule has 75 heavy (non-hydrogen) atoms. The highest BCUT2D eigenvalue weighted by molar-refractivity contribution is 14.1. The molecular formula is C57H54BrI2N13O2. The average molecular weight is 1290 g/mol. The number of aromatic amines is 5. The zero-order chi connectivity index (χ0) is 54.0. The van der Waals surface area contributed by atoms with Crippen LogP contribution in [-0.2, 0) is 4.74 Å². The number of hydrogen-bond acceptors (Lipinski definition) is 9. The minimum atomic E-state index is -0.476. The summed E-state index contributed by atoms with van der Waals surface area (Å²) in [6.45, 7) is 10.4. The number of carbonyl (C=O) groups excluding carboxylic acids is 1. The molecule has 0 fully saturated rings. The van der Waals surface area contributed by atoms with Crippen molar-refractivity contribution in [3.63, 3.8) is 0 Å². The minimum Gasteiger partial charge on any atom is -0.444 e. The zero-order valence-electron chi connectivity index (χ0n) is 41.8. The van der Waals surface area contributed by atoms with E-state index in [4.69, 9.17) is 22.6 Å². The van der Waals surface area contributed by atoms with Gasteiger partial charge in [-0.2, -0.15) is 25.5 Å². The molecule has 0 aliphatic heterocycles. The van der Waals surface area contributed by atoms with E-state index < -0.39 is 11.7 Å². The highest BCUT2D eigenvalue weighted by atomic mass is 127. The van der Waals surface area contributed by atoms with E-state index in [1.807, 2.05) is 111 Å². The van der Waals surface area contributed by atoms with Gasteiger partial charge in [0.25, 0.3) is 0 Å². The average Bonchev–Trinajstić information content (AvgIpc) is 4.28. The van der Waals surface area contributed by atoms with Gasteiger partial charge < -0.3 is 21.5 Å². The number of amides is 1. The van der Waals surface area contributed by atoms with Crippen LogP contribution in [0.2, 0.25) is 0 Å². The van der Waals surface area contributed by atoms with Gasteiger partial charge in [0.1, 0.15) is 13.0 Å². The minimum absolute atomic E-state index is 0.203. The lowest BCUT2D eigenvalue weighted by Crippen LogP contribution is -2.32. The zero-order valence-corrected chi connectivity index (χ0v) is 47.7. The van der Waals surface area contributed by atoms with Crippen LogP contribution in [-0.4, -0.2) is 82.3 Å². The van der Waals surface area contributed by atoms with Crippen LogP contribution in [0, 0.1) is 67.1 Å². The van der Waals surface area contributed by atoms with Crippen LogP contribution in [0.5, 0.6) is 0 Å². The number of ether oxygens (including phenoxy) is 1. The van der Waals surface area contributed by atoms with E-state index in [0.29, 0.717) is 13.1 Å². The standard InChI is InChI=1S/C11H9IN2.C11H10N2.C10H8IN3.C10H9N3.C8H13NO2.C7H5BrN2/c1-2-3-4-8-5-6-9-10(7-8)13-14-11(9)12;1-2-3-4-9-5-6-10-8-12-13-11(10)7-9;11-10-8-4-3-7(2-1-5-12)6-9(8)13-14-10;11-5-1-2-8-3-4-9-7-12-13-10(9)6-8;1-5-6-9-7(10)11-8(2,3)4;8-6-2-1-5-4-9-10-7(5)3-6/h5-7H,2H2,1H3,(H,13,14);5-8H,2H2,1H3,(H,12,13);3-4,6H,5,12H2,(H,13,14);3-4,6-7H,5,11H2,(H,12,13);1H,6H2,2-4H3,(H,9,10);1-4H,(H,9,10). The molecule has 0 bridgehead atoms. The fourth-order valence-electron chi connectivity index (χ4n) is 6.18.